The average Bonchev–Trinajstić information content (AvgIpc) is 2.72. The Kier molecular flexibility index (Phi) is 10.1. The van der Waals surface area contributed by atoms with Gasteiger partial charge >= 0.3 is 0 Å². The van der Waals surface area contributed by atoms with Crippen molar-refractivity contribution in [1.82, 2.24) is 0 Å². The fourth-order valence-electron chi connectivity index (χ4n) is 4.27. The first-order chi connectivity index (χ1) is 13.3. The average molecular weight is 368 g/mol. The molecule has 0 N–H and O–H groups in total. The number of hydrogen-bond acceptors (Lipinski definition) is 2. The summed E-state index contributed by atoms with van der Waals surface area (Å²) in [4.78, 5) is 0. The maximum atomic E-state index is 8.96. The third kappa shape index (κ3) is 7.41. The van der Waals surface area contributed by atoms with Gasteiger partial charge in [-0.15, -0.1) is 0 Å². The number of ether oxygens (including phenoxy) is 1. The van der Waals surface area contributed by atoms with Crippen LogP contribution < -0.4 is 0 Å². The van der Waals surface area contributed by atoms with Crippen LogP contribution in [0.2, 0.25) is 0 Å². The lowest BCUT2D eigenvalue weighted by molar-refractivity contribution is 0.0555. The maximum absolute atomic E-state index is 8.96. The van der Waals surface area contributed by atoms with E-state index in [1.807, 2.05) is 18.4 Å². The molecule has 148 valence electrons. The van der Waals surface area contributed by atoms with Crippen molar-refractivity contribution < 1.29 is 4.74 Å². The molecule has 2 rings (SSSR count). The van der Waals surface area contributed by atoms with Crippen LogP contribution in [0.1, 0.15) is 102 Å². The molecule has 0 aliphatic heterocycles. The summed E-state index contributed by atoms with van der Waals surface area (Å²) in [5.74, 6) is 1.33. The fraction of sp³-hybridized carbons (Fsp3) is 0.640. The van der Waals surface area contributed by atoms with Crippen molar-refractivity contribution in [1.29, 1.82) is 5.26 Å². The molecule has 0 amide bonds. The van der Waals surface area contributed by atoms with E-state index < -0.39 is 0 Å². The van der Waals surface area contributed by atoms with Crippen molar-refractivity contribution in [2.75, 3.05) is 0 Å². The number of unbranched alkanes of at least 4 members (excludes halogenated alkanes) is 4. The van der Waals surface area contributed by atoms with Gasteiger partial charge in [0.1, 0.15) is 6.10 Å². The van der Waals surface area contributed by atoms with Gasteiger partial charge in [0.2, 0.25) is 0 Å². The predicted octanol–water partition coefficient (Wildman–Crippen LogP) is 7.50. The zero-order valence-electron chi connectivity index (χ0n) is 17.3. The van der Waals surface area contributed by atoms with Crippen LogP contribution in [0.3, 0.4) is 0 Å². The molecule has 0 radical (unpaired) electrons. The topological polar surface area (TPSA) is 33.0 Å². The first-order valence-corrected chi connectivity index (χ1v) is 11.1. The van der Waals surface area contributed by atoms with E-state index in [-0.39, 0.29) is 0 Å². The van der Waals surface area contributed by atoms with E-state index >= 15 is 0 Å². The Bertz CT molecular complexity index is 575. The summed E-state index contributed by atoms with van der Waals surface area (Å²) in [5, 5.41) is 8.96. The number of allylic oxidation sites excluding steroid dienone is 1. The van der Waals surface area contributed by atoms with Crippen molar-refractivity contribution >= 4 is 0 Å². The second kappa shape index (κ2) is 12.6. The van der Waals surface area contributed by atoms with Gasteiger partial charge in [0, 0.05) is 0 Å². The third-order valence-corrected chi connectivity index (χ3v) is 5.96. The number of hydrogen-bond donors (Lipinski definition) is 0. The Morgan fingerprint density at radius 3 is 2.41 bits per heavy atom. The van der Waals surface area contributed by atoms with Crippen molar-refractivity contribution in [2.24, 2.45) is 5.92 Å². The minimum Gasteiger partial charge on any atom is -0.498 e. The van der Waals surface area contributed by atoms with Gasteiger partial charge < -0.3 is 4.74 Å². The van der Waals surface area contributed by atoms with Gasteiger partial charge in [-0.2, -0.15) is 5.26 Å². The van der Waals surface area contributed by atoms with Crippen LogP contribution >= 0.6 is 0 Å². The van der Waals surface area contributed by atoms with E-state index in [0.717, 1.165) is 18.4 Å². The van der Waals surface area contributed by atoms with Crippen molar-refractivity contribution in [3.63, 3.8) is 0 Å². The van der Waals surface area contributed by atoms with E-state index in [9.17, 15) is 0 Å². The quantitative estimate of drug-likeness (QED) is 0.299. The van der Waals surface area contributed by atoms with E-state index in [0.29, 0.717) is 17.9 Å². The summed E-state index contributed by atoms with van der Waals surface area (Å²) in [6, 6.07) is 10.4. The highest BCUT2D eigenvalue weighted by atomic mass is 16.5. The molecule has 0 heterocycles. The number of benzene rings is 1. The zero-order valence-corrected chi connectivity index (χ0v) is 17.3. The lowest BCUT2D eigenvalue weighted by Gasteiger charge is -2.33. The fourth-order valence-corrected chi connectivity index (χ4v) is 4.27. The van der Waals surface area contributed by atoms with Crippen LogP contribution in [0.5, 0.6) is 0 Å². The third-order valence-electron chi connectivity index (χ3n) is 5.96. The van der Waals surface area contributed by atoms with Crippen LogP contribution in [0.15, 0.2) is 36.6 Å². The standard InChI is InChI=1S/C25H37NO/c1-3-5-6-7-8-9-19-27-25(10-4-2)24-17-15-23(16-18-24)22-13-11-21(20-26)12-14-22/h9,11-14,19,23-25H,3-8,10,15-18H2,1-2H3. The SMILES string of the molecule is CCCCCCC=COC(CCC)C1CCC(c2ccc(C#N)cc2)CC1. The molecule has 1 aromatic rings. The summed E-state index contributed by atoms with van der Waals surface area (Å²) in [6.07, 6.45) is 18.3. The first-order valence-electron chi connectivity index (χ1n) is 11.1. The molecule has 0 aromatic heterocycles. The van der Waals surface area contributed by atoms with Gasteiger partial charge in [0.15, 0.2) is 0 Å². The van der Waals surface area contributed by atoms with Crippen LogP contribution in [0.25, 0.3) is 0 Å². The molecule has 1 aliphatic rings. The molecule has 1 fully saturated rings. The van der Waals surface area contributed by atoms with Crippen LogP contribution in [0, 0.1) is 17.2 Å². The highest BCUT2D eigenvalue weighted by Gasteiger charge is 2.28. The van der Waals surface area contributed by atoms with E-state index in [1.165, 1.54) is 63.4 Å². The molecule has 0 bridgehead atoms. The van der Waals surface area contributed by atoms with Crippen LogP contribution in [0.4, 0.5) is 0 Å². The predicted molar refractivity (Wildman–Crippen MR) is 114 cm³/mol. The zero-order chi connectivity index (χ0) is 19.3. The van der Waals surface area contributed by atoms with Crippen LogP contribution in [-0.4, -0.2) is 6.10 Å². The van der Waals surface area contributed by atoms with Gasteiger partial charge in [-0.3, -0.25) is 0 Å². The molecule has 1 unspecified atom stereocenters. The molecule has 27 heavy (non-hydrogen) atoms. The van der Waals surface area contributed by atoms with Crippen molar-refractivity contribution in [3.8, 4) is 6.07 Å². The normalized spacial score (nSPS) is 21.1. The largest absolute Gasteiger partial charge is 0.498 e. The second-order valence-electron chi connectivity index (χ2n) is 8.03. The molecular weight excluding hydrogens is 330 g/mol. The highest BCUT2D eigenvalue weighted by molar-refractivity contribution is 5.33. The molecule has 0 spiro atoms. The summed E-state index contributed by atoms with van der Waals surface area (Å²) in [7, 11) is 0. The summed E-state index contributed by atoms with van der Waals surface area (Å²) in [5.41, 5.74) is 2.15. The second-order valence-corrected chi connectivity index (χ2v) is 8.03. The molecule has 1 saturated carbocycles. The monoisotopic (exact) mass is 367 g/mol. The van der Waals surface area contributed by atoms with Crippen molar-refractivity contribution in [3.05, 3.63) is 47.7 Å². The van der Waals surface area contributed by atoms with Gasteiger partial charge in [0.05, 0.1) is 17.9 Å². The van der Waals surface area contributed by atoms with Crippen molar-refractivity contribution in [2.45, 2.75) is 96.5 Å². The van der Waals surface area contributed by atoms with Gasteiger partial charge in [-0.05, 0) is 80.6 Å². The van der Waals surface area contributed by atoms with E-state index in [4.69, 9.17) is 10.00 Å². The molecular formula is C25H37NO. The molecule has 0 saturated heterocycles. The lowest BCUT2D eigenvalue weighted by atomic mass is 9.76. The van der Waals surface area contributed by atoms with E-state index in [1.54, 1.807) is 0 Å². The summed E-state index contributed by atoms with van der Waals surface area (Å²) in [6.45, 7) is 4.51. The number of rotatable bonds is 11. The summed E-state index contributed by atoms with van der Waals surface area (Å²) >= 11 is 0. The first kappa shape index (κ1) is 21.5. The van der Waals surface area contributed by atoms with Gasteiger partial charge in [-0.25, -0.2) is 0 Å². The molecule has 1 aromatic carbocycles. The highest BCUT2D eigenvalue weighted by Crippen LogP contribution is 2.38. The Hall–Kier alpha value is -1.75. The minimum absolute atomic E-state index is 0.379. The molecule has 2 nitrogen and oxygen atoms in total. The van der Waals surface area contributed by atoms with E-state index in [2.05, 4.69) is 38.1 Å². The summed E-state index contributed by atoms with van der Waals surface area (Å²) < 4.78 is 6.18. The van der Waals surface area contributed by atoms with Gasteiger partial charge in [-0.1, -0.05) is 51.7 Å². The Labute approximate surface area is 166 Å². The number of nitriles is 1. The molecule has 1 aliphatic carbocycles. The Morgan fingerprint density at radius 1 is 1.04 bits per heavy atom. The Morgan fingerprint density at radius 2 is 1.78 bits per heavy atom. The number of nitrogens with zero attached hydrogens (tertiary/aromatic N) is 1. The smallest absolute Gasteiger partial charge is 0.101 e. The lowest BCUT2D eigenvalue weighted by Crippen LogP contribution is -2.26. The Balaban J connectivity index is 1.78. The minimum atomic E-state index is 0.379. The van der Waals surface area contributed by atoms with Gasteiger partial charge in [0.25, 0.3) is 0 Å². The molecule has 2 heteroatoms. The van der Waals surface area contributed by atoms with Crippen LogP contribution in [-0.2, 0) is 4.74 Å². The maximum Gasteiger partial charge on any atom is 0.101 e. The molecule has 1 atom stereocenters.